The van der Waals surface area contributed by atoms with Crippen LogP contribution in [0.4, 0.5) is 9.59 Å². The molecule has 0 bridgehead atoms. The molecule has 6 nitrogen and oxygen atoms in total. The maximum absolute atomic E-state index is 11.0. The van der Waals surface area contributed by atoms with Gasteiger partial charge in [-0.05, 0) is 12.8 Å². The molecule has 0 saturated heterocycles. The van der Waals surface area contributed by atoms with Gasteiger partial charge in [0.1, 0.15) is 13.2 Å². The Balaban J connectivity index is 3.32. The van der Waals surface area contributed by atoms with Crippen molar-refractivity contribution in [1.82, 2.24) is 0 Å². The first-order valence-electron chi connectivity index (χ1n) is 6.29. The lowest BCUT2D eigenvalue weighted by Gasteiger charge is -2.07. The quantitative estimate of drug-likeness (QED) is 0.470. The van der Waals surface area contributed by atoms with Crippen LogP contribution in [0.2, 0.25) is 0 Å². The number of unbranched alkanes of at least 4 members (excludes halogenated alkanes) is 2. The van der Waals surface area contributed by atoms with Gasteiger partial charge in [-0.2, -0.15) is 0 Å². The van der Waals surface area contributed by atoms with Crippen LogP contribution in [0.25, 0.3) is 0 Å². The molecule has 0 rings (SSSR count). The monoisotopic (exact) mass is 262 g/mol. The molecule has 106 valence electrons. The molecule has 0 aromatic carbocycles. The van der Waals surface area contributed by atoms with E-state index in [1.54, 1.807) is 0 Å². The summed E-state index contributed by atoms with van der Waals surface area (Å²) in [4.78, 5) is 21.9. The Bertz CT molecular complexity index is 205. The Morgan fingerprint density at radius 3 is 1.33 bits per heavy atom. The van der Waals surface area contributed by atoms with E-state index in [1.807, 2.05) is 13.8 Å². The first-order valence-corrected chi connectivity index (χ1v) is 6.29. The Hall–Kier alpha value is -1.46. The molecule has 0 saturated carbocycles. The summed E-state index contributed by atoms with van der Waals surface area (Å²) in [7, 11) is 0. The molecule has 0 unspecified atom stereocenters. The highest BCUT2D eigenvalue weighted by Gasteiger charge is 2.06. The average Bonchev–Trinajstić information content (AvgIpc) is 2.35. The minimum atomic E-state index is -0.744. The minimum absolute atomic E-state index is 0.0339. The summed E-state index contributed by atoms with van der Waals surface area (Å²) in [5.41, 5.74) is 0. The molecule has 0 aromatic rings. The molecule has 0 aliphatic carbocycles. The molecule has 0 radical (unpaired) electrons. The summed E-state index contributed by atoms with van der Waals surface area (Å²) in [6, 6.07) is 0. The lowest BCUT2D eigenvalue weighted by atomic mass is 10.4. The van der Waals surface area contributed by atoms with E-state index in [0.29, 0.717) is 13.2 Å². The van der Waals surface area contributed by atoms with Crippen molar-refractivity contribution in [3.63, 3.8) is 0 Å². The zero-order valence-corrected chi connectivity index (χ0v) is 11.1. The number of hydrogen-bond acceptors (Lipinski definition) is 6. The van der Waals surface area contributed by atoms with E-state index in [4.69, 9.17) is 9.47 Å². The predicted molar refractivity (Wildman–Crippen MR) is 64.4 cm³/mol. The van der Waals surface area contributed by atoms with Gasteiger partial charge in [-0.3, -0.25) is 0 Å². The minimum Gasteiger partial charge on any atom is -0.434 e. The molecule has 0 atom stereocenters. The summed E-state index contributed by atoms with van der Waals surface area (Å²) in [5, 5.41) is 0. The molecular formula is C12H22O6. The van der Waals surface area contributed by atoms with Crippen molar-refractivity contribution in [3.8, 4) is 0 Å². The van der Waals surface area contributed by atoms with Gasteiger partial charge in [0.05, 0.1) is 13.2 Å². The average molecular weight is 262 g/mol. The molecule has 0 aromatic heterocycles. The maximum Gasteiger partial charge on any atom is 0.508 e. The van der Waals surface area contributed by atoms with E-state index in [0.717, 1.165) is 25.7 Å². The molecule has 0 aliphatic rings. The van der Waals surface area contributed by atoms with Crippen LogP contribution in [0, 0.1) is 0 Å². The Labute approximate surface area is 108 Å². The lowest BCUT2D eigenvalue weighted by Crippen LogP contribution is -2.16. The molecule has 0 N–H and O–H groups in total. The van der Waals surface area contributed by atoms with Crippen molar-refractivity contribution in [2.45, 2.75) is 39.5 Å². The third-order valence-electron chi connectivity index (χ3n) is 1.96. The molecule has 0 fully saturated rings. The van der Waals surface area contributed by atoms with Gasteiger partial charge in [-0.15, -0.1) is 0 Å². The molecule has 18 heavy (non-hydrogen) atoms. The van der Waals surface area contributed by atoms with Crippen LogP contribution in [0.3, 0.4) is 0 Å². The highest BCUT2D eigenvalue weighted by atomic mass is 16.7. The maximum atomic E-state index is 11.0. The Morgan fingerprint density at radius 2 is 1.00 bits per heavy atom. The topological polar surface area (TPSA) is 71.1 Å². The van der Waals surface area contributed by atoms with Crippen molar-refractivity contribution < 1.29 is 28.5 Å². The van der Waals surface area contributed by atoms with Crippen molar-refractivity contribution >= 4 is 12.3 Å². The number of hydrogen-bond donors (Lipinski definition) is 0. The lowest BCUT2D eigenvalue weighted by molar-refractivity contribution is 0.0177. The van der Waals surface area contributed by atoms with Gasteiger partial charge >= 0.3 is 12.3 Å². The van der Waals surface area contributed by atoms with Crippen LogP contribution in [0.5, 0.6) is 0 Å². The SMILES string of the molecule is CCCCOC(=O)OCCOC(=O)OCCCC. The second-order valence-electron chi connectivity index (χ2n) is 3.60. The Morgan fingerprint density at radius 1 is 0.667 bits per heavy atom. The standard InChI is InChI=1S/C12H22O6/c1-3-5-7-15-11(13)17-9-10-18-12(14)16-8-6-4-2/h3-10H2,1-2H3. The summed E-state index contributed by atoms with van der Waals surface area (Å²) < 4.78 is 18.8. The molecule has 0 spiro atoms. The fraction of sp³-hybridized carbons (Fsp3) is 0.833. The molecule has 0 aliphatic heterocycles. The fourth-order valence-corrected chi connectivity index (χ4v) is 0.933. The normalized spacial score (nSPS) is 9.67. The van der Waals surface area contributed by atoms with Crippen LogP contribution in [0.1, 0.15) is 39.5 Å². The van der Waals surface area contributed by atoms with E-state index >= 15 is 0 Å². The number of carbonyl (C=O) groups excluding carboxylic acids is 2. The van der Waals surface area contributed by atoms with Crippen molar-refractivity contribution in [2.75, 3.05) is 26.4 Å². The van der Waals surface area contributed by atoms with Gasteiger partial charge in [0.2, 0.25) is 0 Å². The van der Waals surface area contributed by atoms with Gasteiger partial charge in [0.25, 0.3) is 0 Å². The highest BCUT2D eigenvalue weighted by molar-refractivity contribution is 5.60. The second kappa shape index (κ2) is 12.0. The molecule has 0 amide bonds. The van der Waals surface area contributed by atoms with Crippen molar-refractivity contribution in [3.05, 3.63) is 0 Å². The van der Waals surface area contributed by atoms with E-state index in [1.165, 1.54) is 0 Å². The summed E-state index contributed by atoms with van der Waals surface area (Å²) in [6.45, 7) is 4.60. The van der Waals surface area contributed by atoms with Crippen LogP contribution in [-0.2, 0) is 18.9 Å². The van der Waals surface area contributed by atoms with Gasteiger partial charge in [-0.1, -0.05) is 26.7 Å². The summed E-state index contributed by atoms with van der Waals surface area (Å²) in [5.74, 6) is 0. The third kappa shape index (κ3) is 11.0. The predicted octanol–water partition coefficient (Wildman–Crippen LogP) is 2.89. The van der Waals surface area contributed by atoms with Gasteiger partial charge in [0.15, 0.2) is 0 Å². The third-order valence-corrected chi connectivity index (χ3v) is 1.96. The molecular weight excluding hydrogens is 240 g/mol. The van der Waals surface area contributed by atoms with Gasteiger partial charge < -0.3 is 18.9 Å². The second-order valence-corrected chi connectivity index (χ2v) is 3.60. The van der Waals surface area contributed by atoms with Gasteiger partial charge in [0, 0.05) is 0 Å². The first kappa shape index (κ1) is 16.5. The number of ether oxygens (including phenoxy) is 4. The summed E-state index contributed by atoms with van der Waals surface area (Å²) in [6.07, 6.45) is 2.00. The molecule has 0 heterocycles. The zero-order valence-electron chi connectivity index (χ0n) is 11.1. The Kier molecular flexibility index (Phi) is 11.0. The van der Waals surface area contributed by atoms with Crippen LogP contribution in [0.15, 0.2) is 0 Å². The molecule has 6 heteroatoms. The number of rotatable bonds is 9. The number of carbonyl (C=O) groups is 2. The first-order chi connectivity index (χ1) is 8.70. The van der Waals surface area contributed by atoms with Crippen molar-refractivity contribution in [2.24, 2.45) is 0 Å². The zero-order chi connectivity index (χ0) is 13.6. The summed E-state index contributed by atoms with van der Waals surface area (Å²) >= 11 is 0. The van der Waals surface area contributed by atoms with Crippen LogP contribution < -0.4 is 0 Å². The smallest absolute Gasteiger partial charge is 0.434 e. The van der Waals surface area contributed by atoms with Crippen LogP contribution >= 0.6 is 0 Å². The van der Waals surface area contributed by atoms with E-state index in [9.17, 15) is 9.59 Å². The van der Waals surface area contributed by atoms with Gasteiger partial charge in [-0.25, -0.2) is 9.59 Å². The largest absolute Gasteiger partial charge is 0.508 e. The van der Waals surface area contributed by atoms with E-state index in [2.05, 4.69) is 9.47 Å². The highest BCUT2D eigenvalue weighted by Crippen LogP contribution is 1.94. The fourth-order valence-electron chi connectivity index (χ4n) is 0.933. The van der Waals surface area contributed by atoms with E-state index in [-0.39, 0.29) is 13.2 Å². The van der Waals surface area contributed by atoms with Crippen LogP contribution in [-0.4, -0.2) is 38.7 Å². The van der Waals surface area contributed by atoms with Crippen molar-refractivity contribution in [1.29, 1.82) is 0 Å². The van der Waals surface area contributed by atoms with E-state index < -0.39 is 12.3 Å².